The molecular formula is C38H38F2N2O3. The third-order valence-electron chi connectivity index (χ3n) is 7.64. The summed E-state index contributed by atoms with van der Waals surface area (Å²) in [6, 6.07) is 21.8. The topological polar surface area (TPSA) is 83.1 Å². The molecule has 0 unspecified atom stereocenters. The third kappa shape index (κ3) is 8.05. The summed E-state index contributed by atoms with van der Waals surface area (Å²) in [5.74, 6) is 0.359. The zero-order valence-corrected chi connectivity index (χ0v) is 26.5. The van der Waals surface area contributed by atoms with E-state index in [1.807, 2.05) is 25.1 Å². The summed E-state index contributed by atoms with van der Waals surface area (Å²) in [6.45, 7) is 10.4. The Morgan fingerprint density at radius 2 is 1.73 bits per heavy atom. The number of carbonyl (C=O) groups excluding carboxylic acids is 1. The number of nitriles is 2. The fourth-order valence-corrected chi connectivity index (χ4v) is 5.41. The number of nitrogens with zero attached hydrogens (tertiary/aromatic N) is 2. The molecule has 4 rings (SSSR count). The van der Waals surface area contributed by atoms with Crippen LogP contribution in [0.3, 0.4) is 0 Å². The molecule has 0 fully saturated rings. The van der Waals surface area contributed by atoms with Crippen molar-refractivity contribution in [3.63, 3.8) is 0 Å². The van der Waals surface area contributed by atoms with Crippen LogP contribution in [-0.2, 0) is 16.6 Å². The number of aryl methyl sites for hydroxylation is 1. The molecule has 232 valence electrons. The highest BCUT2D eigenvalue weighted by atomic mass is 19.3. The molecular weight excluding hydrogens is 570 g/mol. The Kier molecular flexibility index (Phi) is 10.6. The monoisotopic (exact) mass is 608 g/mol. The molecule has 0 aromatic heterocycles. The van der Waals surface area contributed by atoms with E-state index >= 15 is 0 Å². The molecule has 0 amide bonds. The molecule has 0 heterocycles. The summed E-state index contributed by atoms with van der Waals surface area (Å²) < 4.78 is 38.8. The van der Waals surface area contributed by atoms with Crippen molar-refractivity contribution in [3.05, 3.63) is 94.0 Å². The third-order valence-corrected chi connectivity index (χ3v) is 7.64. The lowest BCUT2D eigenvalue weighted by molar-refractivity contribution is 0.0497. The highest BCUT2D eigenvalue weighted by molar-refractivity contribution is 6.05. The number of halogens is 2. The van der Waals surface area contributed by atoms with E-state index in [-0.39, 0.29) is 16.5 Å². The Morgan fingerprint density at radius 1 is 0.956 bits per heavy atom. The van der Waals surface area contributed by atoms with Gasteiger partial charge in [-0.2, -0.15) is 10.5 Å². The van der Waals surface area contributed by atoms with Crippen LogP contribution in [0.1, 0.15) is 91.6 Å². The summed E-state index contributed by atoms with van der Waals surface area (Å²) in [5, 5.41) is 21.6. The quantitative estimate of drug-likeness (QED) is 0.125. The summed E-state index contributed by atoms with van der Waals surface area (Å²) >= 11 is 0. The van der Waals surface area contributed by atoms with Crippen LogP contribution in [0.25, 0.3) is 21.9 Å². The molecule has 7 heteroatoms. The van der Waals surface area contributed by atoms with Gasteiger partial charge in [-0.1, -0.05) is 82.9 Å². The van der Waals surface area contributed by atoms with E-state index < -0.39 is 18.8 Å². The lowest BCUT2D eigenvalue weighted by Crippen LogP contribution is -2.11. The molecule has 4 aromatic rings. The second-order valence-corrected chi connectivity index (χ2v) is 12.3. The van der Waals surface area contributed by atoms with Gasteiger partial charge in [0, 0.05) is 17.4 Å². The van der Waals surface area contributed by atoms with Crippen LogP contribution in [0.5, 0.6) is 11.5 Å². The summed E-state index contributed by atoms with van der Waals surface area (Å²) in [7, 11) is 0. The molecule has 0 aliphatic carbocycles. The highest BCUT2D eigenvalue weighted by Crippen LogP contribution is 2.44. The normalized spacial score (nSPS) is 11.3. The Bertz CT molecular complexity index is 1790. The van der Waals surface area contributed by atoms with Crippen LogP contribution in [0.15, 0.2) is 60.7 Å². The SMILES string of the molecule is CCCCCCOC(=O)c1cccc(Oc2cc(C(C)(C)C)cc3cc(C#N)c(C#N)c(-c4cc(C)cc(CC(F)F)c4)c23)c1. The van der Waals surface area contributed by atoms with E-state index in [1.165, 1.54) is 0 Å². The number of fused-ring (bicyclic) bond motifs is 1. The first-order valence-electron chi connectivity index (χ1n) is 15.2. The number of esters is 1. The maximum absolute atomic E-state index is 13.4. The van der Waals surface area contributed by atoms with Crippen LogP contribution in [0.2, 0.25) is 0 Å². The predicted molar refractivity (Wildman–Crippen MR) is 173 cm³/mol. The molecule has 0 atom stereocenters. The minimum atomic E-state index is -2.54. The zero-order valence-electron chi connectivity index (χ0n) is 26.5. The van der Waals surface area contributed by atoms with Crippen LogP contribution in [0.4, 0.5) is 8.78 Å². The number of ether oxygens (including phenoxy) is 2. The van der Waals surface area contributed by atoms with Gasteiger partial charge in [-0.3, -0.25) is 0 Å². The van der Waals surface area contributed by atoms with Gasteiger partial charge in [0.05, 0.1) is 23.3 Å². The minimum absolute atomic E-state index is 0.132. The average Bonchev–Trinajstić information content (AvgIpc) is 2.98. The van der Waals surface area contributed by atoms with Crippen LogP contribution in [-0.4, -0.2) is 19.0 Å². The van der Waals surface area contributed by atoms with E-state index in [0.717, 1.165) is 36.8 Å². The number of rotatable bonds is 11. The molecule has 0 aliphatic heterocycles. The first-order chi connectivity index (χ1) is 21.4. The second-order valence-electron chi connectivity index (χ2n) is 12.3. The van der Waals surface area contributed by atoms with E-state index in [0.29, 0.717) is 51.1 Å². The van der Waals surface area contributed by atoms with E-state index in [1.54, 1.807) is 42.5 Å². The Hall–Kier alpha value is -4.75. The van der Waals surface area contributed by atoms with Gasteiger partial charge in [0.25, 0.3) is 0 Å². The van der Waals surface area contributed by atoms with Crippen molar-refractivity contribution in [2.24, 2.45) is 0 Å². The first-order valence-corrected chi connectivity index (χ1v) is 15.2. The number of alkyl halides is 2. The van der Waals surface area contributed by atoms with E-state index in [9.17, 15) is 24.1 Å². The van der Waals surface area contributed by atoms with Gasteiger partial charge in [0.2, 0.25) is 6.43 Å². The van der Waals surface area contributed by atoms with Crippen LogP contribution < -0.4 is 4.74 Å². The van der Waals surface area contributed by atoms with Gasteiger partial charge in [0.15, 0.2) is 0 Å². The zero-order chi connectivity index (χ0) is 32.7. The Morgan fingerprint density at radius 3 is 2.40 bits per heavy atom. The largest absolute Gasteiger partial charge is 0.462 e. The maximum atomic E-state index is 13.4. The van der Waals surface area contributed by atoms with Gasteiger partial charge in [0.1, 0.15) is 23.6 Å². The molecule has 45 heavy (non-hydrogen) atoms. The van der Waals surface area contributed by atoms with Crippen molar-refractivity contribution in [1.82, 2.24) is 0 Å². The standard InChI is InChI=1S/C38H38F2N2O3/c1-6-7-8-9-13-44-37(43)26-11-10-12-31(20-26)45-33-21-30(38(3,4)5)19-28-18-29(22-41)32(23-42)35(36(28)33)27-15-24(2)14-25(16-27)17-34(39)40/h10-12,14-16,18-21,34H,6-9,13,17H2,1-5H3. The van der Waals surface area contributed by atoms with Crippen molar-refractivity contribution >= 4 is 16.7 Å². The molecule has 0 saturated carbocycles. The summed E-state index contributed by atoms with van der Waals surface area (Å²) in [4.78, 5) is 12.8. The van der Waals surface area contributed by atoms with Gasteiger partial charge in [-0.15, -0.1) is 0 Å². The number of hydrogen-bond acceptors (Lipinski definition) is 5. The fourth-order valence-electron chi connectivity index (χ4n) is 5.41. The van der Waals surface area contributed by atoms with Gasteiger partial charge >= 0.3 is 5.97 Å². The lowest BCUT2D eigenvalue weighted by Gasteiger charge is -2.23. The van der Waals surface area contributed by atoms with Gasteiger partial charge < -0.3 is 9.47 Å². The van der Waals surface area contributed by atoms with Gasteiger partial charge in [-0.05, 0) is 71.2 Å². The molecule has 0 radical (unpaired) electrons. The molecule has 4 aromatic carbocycles. The molecule has 5 nitrogen and oxygen atoms in total. The van der Waals surface area contributed by atoms with Crippen LogP contribution >= 0.6 is 0 Å². The van der Waals surface area contributed by atoms with E-state index in [4.69, 9.17) is 9.47 Å². The predicted octanol–water partition coefficient (Wildman–Crippen LogP) is 10.2. The lowest BCUT2D eigenvalue weighted by atomic mass is 9.82. The number of carbonyl (C=O) groups is 1. The smallest absolute Gasteiger partial charge is 0.338 e. The number of benzene rings is 4. The molecule has 0 N–H and O–H groups in total. The fraction of sp³-hybridized carbons (Fsp3) is 0.342. The average molecular weight is 609 g/mol. The molecule has 0 bridgehead atoms. The number of unbranched alkanes of at least 4 members (excludes halogenated alkanes) is 3. The Balaban J connectivity index is 1.92. The molecule has 0 saturated heterocycles. The number of hydrogen-bond donors (Lipinski definition) is 0. The van der Waals surface area contributed by atoms with Crippen molar-refractivity contribution in [2.75, 3.05) is 6.61 Å². The minimum Gasteiger partial charge on any atom is -0.462 e. The van der Waals surface area contributed by atoms with Crippen molar-refractivity contribution in [3.8, 4) is 34.8 Å². The maximum Gasteiger partial charge on any atom is 0.338 e. The summed E-state index contributed by atoms with van der Waals surface area (Å²) in [5.41, 5.74) is 3.43. The van der Waals surface area contributed by atoms with Crippen molar-refractivity contribution < 1.29 is 23.0 Å². The van der Waals surface area contributed by atoms with Crippen molar-refractivity contribution in [1.29, 1.82) is 10.5 Å². The van der Waals surface area contributed by atoms with Gasteiger partial charge in [-0.25, -0.2) is 13.6 Å². The van der Waals surface area contributed by atoms with E-state index in [2.05, 4.69) is 39.8 Å². The molecule has 0 spiro atoms. The molecule has 0 aliphatic rings. The Labute approximate surface area is 264 Å². The first kappa shape index (κ1) is 33.1. The summed E-state index contributed by atoms with van der Waals surface area (Å²) in [6.07, 6.45) is 0.994. The van der Waals surface area contributed by atoms with Crippen LogP contribution in [0, 0.1) is 29.6 Å². The highest BCUT2D eigenvalue weighted by Gasteiger charge is 2.24. The second kappa shape index (κ2) is 14.4. The van der Waals surface area contributed by atoms with Crippen molar-refractivity contribution in [2.45, 2.75) is 78.6 Å².